The molecule has 0 spiro atoms. The fraction of sp³-hybridized carbons (Fsp3) is 0.562. The summed E-state index contributed by atoms with van der Waals surface area (Å²) in [6.45, 7) is 4.93. The number of piperidine rings is 1. The number of carbonyl (C=O) groups is 3. The number of para-hydroxylation sites is 1. The number of hydrogen-bond acceptors (Lipinski definition) is 10. The number of likely N-dealkylation sites (tertiary alicyclic amines) is 1. The number of rotatable bonds is 16. The first-order chi connectivity index (χ1) is 31.0. The monoisotopic (exact) mass is 879 g/mol. The fourth-order valence-corrected chi connectivity index (χ4v) is 10.4. The van der Waals surface area contributed by atoms with E-state index >= 15 is 0 Å². The first-order valence-electron chi connectivity index (χ1n) is 23.2. The van der Waals surface area contributed by atoms with Gasteiger partial charge in [0.05, 0.1) is 35.2 Å². The van der Waals surface area contributed by atoms with Gasteiger partial charge in [-0.15, -0.1) is 0 Å². The summed E-state index contributed by atoms with van der Waals surface area (Å²) in [6, 6.07) is 9.12. The van der Waals surface area contributed by atoms with E-state index in [4.69, 9.17) is 4.42 Å². The molecule has 4 fully saturated rings. The van der Waals surface area contributed by atoms with Crippen molar-refractivity contribution < 1.29 is 27.6 Å². The second kappa shape index (κ2) is 19.0. The van der Waals surface area contributed by atoms with Crippen molar-refractivity contribution in [3.05, 3.63) is 82.1 Å². The summed E-state index contributed by atoms with van der Waals surface area (Å²) in [5.74, 6) is 1.02. The maximum atomic E-state index is 14.2. The molecule has 5 heterocycles. The lowest BCUT2D eigenvalue weighted by atomic mass is 9.86. The standard InChI is InChI=1S/C48H59F2N9O5/c1-55(21-4-22-57-23-18-32(19-24-57)37-5-3-6-41-44(37)56(2)48(63)59(41)40-16-15-36(60)26-42(40)61)27-31-10-13-35(14-11-31)58-28-38(43(54-58)45(49)50)52-46(62)39-29-64-47(53-39)33-17-20-51-34(25-33)12-9-30-7-8-30/h3,5-6,17,20,25,28-32,35,40,45H,4,7-16,18-19,21-24,26-27H2,1-2H3,(H,52,62). The number of nitrogens with zero attached hydrogens (tertiary/aromatic N) is 8. The van der Waals surface area contributed by atoms with Gasteiger partial charge in [0.25, 0.3) is 12.3 Å². The lowest BCUT2D eigenvalue weighted by Crippen LogP contribution is -2.36. The smallest absolute Gasteiger partial charge is 0.329 e. The Kier molecular flexibility index (Phi) is 13.0. The zero-order valence-electron chi connectivity index (χ0n) is 36.9. The van der Waals surface area contributed by atoms with Crippen molar-refractivity contribution in [1.82, 2.24) is 38.7 Å². The predicted molar refractivity (Wildman–Crippen MR) is 238 cm³/mol. The van der Waals surface area contributed by atoms with Crippen LogP contribution in [0.5, 0.6) is 0 Å². The third kappa shape index (κ3) is 9.68. The normalized spacial score (nSPS) is 21.4. The van der Waals surface area contributed by atoms with Gasteiger partial charge in [0, 0.05) is 43.7 Å². The molecule has 9 rings (SSSR count). The molecule has 0 bridgehead atoms. The number of oxazole rings is 1. The van der Waals surface area contributed by atoms with Gasteiger partial charge in [-0.3, -0.25) is 33.2 Å². The molecule has 1 aromatic carbocycles. The third-order valence-electron chi connectivity index (χ3n) is 14.2. The maximum absolute atomic E-state index is 14.2. The molecule has 1 amide bonds. The van der Waals surface area contributed by atoms with Gasteiger partial charge in [0.15, 0.2) is 17.2 Å². The van der Waals surface area contributed by atoms with Gasteiger partial charge in [-0.2, -0.15) is 5.10 Å². The van der Waals surface area contributed by atoms with E-state index < -0.39 is 24.1 Å². The average Bonchev–Trinajstić information content (AvgIpc) is 3.70. The molecule has 340 valence electrons. The summed E-state index contributed by atoms with van der Waals surface area (Å²) >= 11 is 0. The number of anilines is 1. The summed E-state index contributed by atoms with van der Waals surface area (Å²) in [7, 11) is 3.96. The molecule has 3 aliphatic carbocycles. The molecule has 4 aromatic heterocycles. The number of alkyl halides is 2. The molecule has 1 unspecified atom stereocenters. The van der Waals surface area contributed by atoms with Crippen LogP contribution < -0.4 is 11.0 Å². The Morgan fingerprint density at radius 2 is 1.78 bits per heavy atom. The number of aromatic nitrogens is 6. The number of benzene rings is 1. The zero-order chi connectivity index (χ0) is 44.5. The van der Waals surface area contributed by atoms with Crippen molar-refractivity contribution >= 4 is 34.2 Å². The highest BCUT2D eigenvalue weighted by Gasteiger charge is 2.33. The third-order valence-corrected chi connectivity index (χ3v) is 14.2. The molecule has 1 N–H and O–H groups in total. The minimum absolute atomic E-state index is 0.00315. The predicted octanol–water partition coefficient (Wildman–Crippen LogP) is 7.92. The quantitative estimate of drug-likeness (QED) is 0.0968. The van der Waals surface area contributed by atoms with Gasteiger partial charge in [-0.05, 0) is 139 Å². The second-order valence-corrected chi connectivity index (χ2v) is 18.8. The van der Waals surface area contributed by atoms with E-state index in [9.17, 15) is 28.0 Å². The minimum Gasteiger partial charge on any atom is -0.444 e. The molecule has 1 atom stereocenters. The van der Waals surface area contributed by atoms with Crippen LogP contribution in [0, 0.1) is 11.8 Å². The molecule has 64 heavy (non-hydrogen) atoms. The average molecular weight is 880 g/mol. The summed E-state index contributed by atoms with van der Waals surface area (Å²) in [5, 5.41) is 6.88. The molecule has 1 aliphatic heterocycles. The zero-order valence-corrected chi connectivity index (χ0v) is 36.9. The Labute approximate surface area is 371 Å². The number of Topliss-reactive ketones (excluding diaryl/α,β-unsaturated/α-hetero) is 2. The highest BCUT2D eigenvalue weighted by molar-refractivity contribution is 6.04. The topological polar surface area (TPSA) is 153 Å². The van der Waals surface area contributed by atoms with Crippen molar-refractivity contribution in [3.8, 4) is 11.5 Å². The van der Waals surface area contributed by atoms with E-state index in [2.05, 4.69) is 43.3 Å². The minimum atomic E-state index is -2.85. The van der Waals surface area contributed by atoms with Crippen LogP contribution >= 0.6 is 0 Å². The number of aryl methyl sites for hydroxylation is 2. The van der Waals surface area contributed by atoms with Crippen molar-refractivity contribution in [1.29, 1.82) is 0 Å². The van der Waals surface area contributed by atoms with Crippen molar-refractivity contribution in [2.24, 2.45) is 18.9 Å². The summed E-state index contributed by atoms with van der Waals surface area (Å²) in [5.41, 5.74) is 3.81. The maximum Gasteiger partial charge on any atom is 0.329 e. The SMILES string of the molecule is CN(CCCN1CCC(c2cccc3c2n(C)c(=O)n3C2CCC(=O)CC2=O)CC1)CC1CCC(n2cc(NC(=O)c3coc(-c4ccnc(CCC5CC5)c4)n3)c(C(F)F)n2)CC1. The summed E-state index contributed by atoms with van der Waals surface area (Å²) < 4.78 is 38.9. The molecule has 1 saturated heterocycles. The first kappa shape index (κ1) is 43.9. The highest BCUT2D eigenvalue weighted by atomic mass is 19.3. The van der Waals surface area contributed by atoms with Crippen molar-refractivity contribution in [2.45, 2.75) is 114 Å². The fourth-order valence-electron chi connectivity index (χ4n) is 10.4. The van der Waals surface area contributed by atoms with E-state index in [-0.39, 0.29) is 47.0 Å². The van der Waals surface area contributed by atoms with Crippen molar-refractivity contribution in [2.75, 3.05) is 45.1 Å². The van der Waals surface area contributed by atoms with Gasteiger partial charge in [0.2, 0.25) is 5.89 Å². The van der Waals surface area contributed by atoms with Crippen LogP contribution in [0.2, 0.25) is 0 Å². The lowest BCUT2D eigenvalue weighted by molar-refractivity contribution is -0.132. The van der Waals surface area contributed by atoms with Crippen LogP contribution in [-0.2, 0) is 23.1 Å². The van der Waals surface area contributed by atoms with Gasteiger partial charge in [-0.25, -0.2) is 18.6 Å². The van der Waals surface area contributed by atoms with Crippen LogP contribution in [0.25, 0.3) is 22.5 Å². The van der Waals surface area contributed by atoms with Gasteiger partial charge in [-0.1, -0.05) is 25.0 Å². The number of hydrogen-bond donors (Lipinski definition) is 1. The first-order valence-corrected chi connectivity index (χ1v) is 23.2. The molecule has 3 saturated carbocycles. The van der Waals surface area contributed by atoms with E-state index in [0.29, 0.717) is 30.2 Å². The Morgan fingerprint density at radius 1 is 1.00 bits per heavy atom. The largest absolute Gasteiger partial charge is 0.444 e. The molecular weight excluding hydrogens is 821 g/mol. The molecule has 5 aromatic rings. The number of carbonyl (C=O) groups excluding carboxylic acids is 3. The number of imidazole rings is 1. The Hall–Kier alpha value is -5.35. The van der Waals surface area contributed by atoms with Gasteiger partial charge >= 0.3 is 5.69 Å². The van der Waals surface area contributed by atoms with E-state index in [1.807, 2.05) is 18.2 Å². The Bertz CT molecular complexity index is 2540. The molecular formula is C48H59F2N9O5. The van der Waals surface area contributed by atoms with E-state index in [1.54, 1.807) is 33.1 Å². The lowest BCUT2D eigenvalue weighted by Gasteiger charge is -2.34. The van der Waals surface area contributed by atoms with Crippen LogP contribution in [0.3, 0.4) is 0 Å². The van der Waals surface area contributed by atoms with Crippen molar-refractivity contribution in [3.63, 3.8) is 0 Å². The van der Waals surface area contributed by atoms with Crippen LogP contribution in [0.15, 0.2) is 58.2 Å². The molecule has 14 nitrogen and oxygen atoms in total. The van der Waals surface area contributed by atoms with Crippen LogP contribution in [-0.4, -0.2) is 95.9 Å². The Balaban J connectivity index is 0.720. The van der Waals surface area contributed by atoms with Crippen LogP contribution in [0.1, 0.15) is 135 Å². The number of ketones is 2. The highest BCUT2D eigenvalue weighted by Crippen LogP contribution is 2.37. The molecule has 16 heteroatoms. The van der Waals surface area contributed by atoms with Gasteiger partial charge in [0.1, 0.15) is 12.0 Å². The second-order valence-electron chi connectivity index (χ2n) is 18.8. The summed E-state index contributed by atoms with van der Waals surface area (Å²) in [6.07, 6.45) is 13.4. The van der Waals surface area contributed by atoms with Crippen LogP contribution in [0.4, 0.5) is 14.5 Å². The van der Waals surface area contributed by atoms with Gasteiger partial charge < -0.3 is 19.5 Å². The number of amides is 1. The Morgan fingerprint density at radius 3 is 2.53 bits per heavy atom. The van der Waals surface area contributed by atoms with E-state index in [0.717, 1.165) is 119 Å². The number of pyridine rings is 1. The molecule has 0 radical (unpaired) electrons. The number of fused-ring (bicyclic) bond motifs is 1. The molecule has 4 aliphatic rings. The summed E-state index contributed by atoms with van der Waals surface area (Å²) in [4.78, 5) is 65.1. The van der Waals surface area contributed by atoms with E-state index in [1.165, 1.54) is 25.3 Å². The number of nitrogens with one attached hydrogen (secondary N) is 1. The number of halogens is 2.